The molecule has 1 saturated heterocycles. The lowest BCUT2D eigenvalue weighted by atomic mass is 9.90. The minimum atomic E-state index is 0.650. The lowest BCUT2D eigenvalue weighted by Crippen LogP contribution is -2.44. The Morgan fingerprint density at radius 2 is 1.42 bits per heavy atom. The molecule has 1 aromatic rings. The lowest BCUT2D eigenvalue weighted by molar-refractivity contribution is 0.184. The van der Waals surface area contributed by atoms with Gasteiger partial charge < -0.3 is 5.32 Å². The summed E-state index contributed by atoms with van der Waals surface area (Å²) in [6, 6.07) is 13.6. The number of benzene rings is 1. The summed E-state index contributed by atoms with van der Waals surface area (Å²) in [4.78, 5) is 2.83. The van der Waals surface area contributed by atoms with Gasteiger partial charge in [0.15, 0.2) is 0 Å². The minimum absolute atomic E-state index is 0.650. The van der Waals surface area contributed by atoms with Crippen molar-refractivity contribution in [2.24, 2.45) is 0 Å². The Morgan fingerprint density at radius 3 is 2.12 bits per heavy atom. The second kappa shape index (κ2) is 8.01. The van der Waals surface area contributed by atoms with Gasteiger partial charge in [-0.05, 0) is 31.2 Å². The van der Waals surface area contributed by atoms with Crippen molar-refractivity contribution in [1.82, 2.24) is 10.2 Å². The number of hydrogen-bond acceptors (Lipinski definition) is 2. The van der Waals surface area contributed by atoms with Gasteiger partial charge in [0, 0.05) is 37.1 Å². The first-order chi connectivity index (χ1) is 11.9. The average molecular weight is 327 g/mol. The molecule has 0 spiro atoms. The summed E-state index contributed by atoms with van der Waals surface area (Å²) >= 11 is 0. The summed E-state index contributed by atoms with van der Waals surface area (Å²) in [7, 11) is 0. The highest BCUT2D eigenvalue weighted by atomic mass is 15.2. The van der Waals surface area contributed by atoms with Crippen molar-refractivity contribution < 1.29 is 0 Å². The fourth-order valence-electron chi connectivity index (χ4n) is 5.36. The van der Waals surface area contributed by atoms with E-state index in [-0.39, 0.29) is 0 Å². The first-order valence-corrected chi connectivity index (χ1v) is 10.5. The van der Waals surface area contributed by atoms with Gasteiger partial charge in [-0.2, -0.15) is 0 Å². The Hall–Kier alpha value is -0.860. The normalized spacial score (nSPS) is 30.7. The second-order valence-electron chi connectivity index (χ2n) is 8.37. The SMILES string of the molecule is c1ccc([C@@H]2CN(C3CCCCC3)C[C@H]2NC2CCCCC2)cc1. The van der Waals surface area contributed by atoms with Gasteiger partial charge in [0.25, 0.3) is 0 Å². The van der Waals surface area contributed by atoms with Gasteiger partial charge >= 0.3 is 0 Å². The van der Waals surface area contributed by atoms with Crippen molar-refractivity contribution in [3.05, 3.63) is 35.9 Å². The van der Waals surface area contributed by atoms with E-state index in [1.54, 1.807) is 5.56 Å². The number of nitrogens with zero attached hydrogens (tertiary/aromatic N) is 1. The van der Waals surface area contributed by atoms with E-state index >= 15 is 0 Å². The predicted molar refractivity (Wildman–Crippen MR) is 101 cm³/mol. The zero-order valence-electron chi connectivity index (χ0n) is 15.1. The molecule has 1 heterocycles. The molecule has 3 aliphatic rings. The molecule has 2 heteroatoms. The van der Waals surface area contributed by atoms with Gasteiger partial charge in [-0.1, -0.05) is 68.9 Å². The molecule has 24 heavy (non-hydrogen) atoms. The van der Waals surface area contributed by atoms with Crippen LogP contribution in [0.5, 0.6) is 0 Å². The quantitative estimate of drug-likeness (QED) is 0.862. The summed E-state index contributed by atoms with van der Waals surface area (Å²) < 4.78 is 0. The molecule has 0 bridgehead atoms. The van der Waals surface area contributed by atoms with Crippen LogP contribution in [0.15, 0.2) is 30.3 Å². The van der Waals surface area contributed by atoms with Crippen LogP contribution in [0.2, 0.25) is 0 Å². The Bertz CT molecular complexity index is 488. The number of rotatable bonds is 4. The number of likely N-dealkylation sites (tertiary alicyclic amines) is 1. The topological polar surface area (TPSA) is 15.3 Å². The maximum Gasteiger partial charge on any atom is 0.0278 e. The fraction of sp³-hybridized carbons (Fsp3) is 0.727. The monoisotopic (exact) mass is 326 g/mol. The van der Waals surface area contributed by atoms with Crippen LogP contribution in [-0.4, -0.2) is 36.1 Å². The van der Waals surface area contributed by atoms with Gasteiger partial charge in [0.1, 0.15) is 0 Å². The summed E-state index contributed by atoms with van der Waals surface area (Å²) in [5, 5.41) is 4.09. The van der Waals surface area contributed by atoms with E-state index in [9.17, 15) is 0 Å². The summed E-state index contributed by atoms with van der Waals surface area (Å²) in [6.07, 6.45) is 14.3. The Labute approximate surface area is 148 Å². The van der Waals surface area contributed by atoms with Crippen LogP contribution in [0.25, 0.3) is 0 Å². The van der Waals surface area contributed by atoms with Gasteiger partial charge in [0.05, 0.1) is 0 Å². The van der Waals surface area contributed by atoms with Crippen molar-refractivity contribution in [2.75, 3.05) is 13.1 Å². The van der Waals surface area contributed by atoms with Crippen molar-refractivity contribution in [2.45, 2.75) is 88.3 Å². The summed E-state index contributed by atoms with van der Waals surface area (Å²) in [5.74, 6) is 0.676. The summed E-state index contributed by atoms with van der Waals surface area (Å²) in [5.41, 5.74) is 1.55. The molecule has 1 N–H and O–H groups in total. The van der Waals surface area contributed by atoms with Crippen molar-refractivity contribution in [3.8, 4) is 0 Å². The van der Waals surface area contributed by atoms with E-state index in [0.717, 1.165) is 12.1 Å². The van der Waals surface area contributed by atoms with Crippen LogP contribution in [0.1, 0.15) is 75.7 Å². The fourth-order valence-corrected chi connectivity index (χ4v) is 5.36. The second-order valence-corrected chi connectivity index (χ2v) is 8.37. The zero-order valence-corrected chi connectivity index (χ0v) is 15.1. The molecule has 0 aromatic heterocycles. The highest BCUT2D eigenvalue weighted by Gasteiger charge is 2.38. The van der Waals surface area contributed by atoms with Gasteiger partial charge in [-0.25, -0.2) is 0 Å². The Kier molecular flexibility index (Phi) is 5.54. The van der Waals surface area contributed by atoms with E-state index in [4.69, 9.17) is 0 Å². The molecule has 2 aliphatic carbocycles. The maximum absolute atomic E-state index is 4.09. The highest BCUT2D eigenvalue weighted by molar-refractivity contribution is 5.24. The zero-order chi connectivity index (χ0) is 16.2. The largest absolute Gasteiger partial charge is 0.309 e. The first kappa shape index (κ1) is 16.6. The Balaban J connectivity index is 1.47. The van der Waals surface area contributed by atoms with E-state index in [1.165, 1.54) is 77.3 Å². The number of hydrogen-bond donors (Lipinski definition) is 1. The van der Waals surface area contributed by atoms with Crippen LogP contribution < -0.4 is 5.32 Å². The van der Waals surface area contributed by atoms with Gasteiger partial charge in [-0.3, -0.25) is 4.90 Å². The molecule has 1 aliphatic heterocycles. The highest BCUT2D eigenvalue weighted by Crippen LogP contribution is 2.34. The molecule has 2 saturated carbocycles. The maximum atomic E-state index is 4.09. The molecule has 1 aromatic carbocycles. The number of nitrogens with one attached hydrogen (secondary N) is 1. The van der Waals surface area contributed by atoms with Crippen LogP contribution in [-0.2, 0) is 0 Å². The summed E-state index contributed by atoms with van der Waals surface area (Å²) in [6.45, 7) is 2.53. The average Bonchev–Trinajstić information content (AvgIpc) is 3.08. The van der Waals surface area contributed by atoms with Gasteiger partial charge in [-0.15, -0.1) is 0 Å². The molecular weight excluding hydrogens is 292 g/mol. The third-order valence-electron chi connectivity index (χ3n) is 6.72. The van der Waals surface area contributed by atoms with Crippen LogP contribution in [0, 0.1) is 0 Å². The smallest absolute Gasteiger partial charge is 0.0278 e. The van der Waals surface area contributed by atoms with Crippen molar-refractivity contribution in [3.63, 3.8) is 0 Å². The van der Waals surface area contributed by atoms with E-state index in [0.29, 0.717) is 12.0 Å². The molecular formula is C22H34N2. The standard InChI is InChI=1S/C22H34N2/c1-4-10-18(11-5-1)21-16-24(20-14-8-3-9-15-20)17-22(21)23-19-12-6-2-7-13-19/h1,4-5,10-11,19-23H,2-3,6-9,12-17H2/t21-,22+/m0/s1. The molecule has 2 nitrogen and oxygen atoms in total. The molecule has 132 valence electrons. The van der Waals surface area contributed by atoms with Crippen molar-refractivity contribution in [1.29, 1.82) is 0 Å². The molecule has 0 radical (unpaired) electrons. The molecule has 0 unspecified atom stereocenters. The Morgan fingerprint density at radius 1 is 0.750 bits per heavy atom. The third kappa shape index (κ3) is 3.86. The van der Waals surface area contributed by atoms with Crippen LogP contribution in [0.3, 0.4) is 0 Å². The van der Waals surface area contributed by atoms with Gasteiger partial charge in [0.2, 0.25) is 0 Å². The van der Waals surface area contributed by atoms with E-state index < -0.39 is 0 Å². The molecule has 0 amide bonds. The van der Waals surface area contributed by atoms with Crippen molar-refractivity contribution >= 4 is 0 Å². The predicted octanol–water partition coefficient (Wildman–Crippen LogP) is 4.71. The third-order valence-corrected chi connectivity index (χ3v) is 6.72. The minimum Gasteiger partial charge on any atom is -0.309 e. The lowest BCUT2D eigenvalue weighted by Gasteiger charge is -2.31. The molecule has 4 rings (SSSR count). The van der Waals surface area contributed by atoms with Crippen LogP contribution in [0.4, 0.5) is 0 Å². The molecule has 3 fully saturated rings. The first-order valence-electron chi connectivity index (χ1n) is 10.5. The van der Waals surface area contributed by atoms with E-state index in [2.05, 4.69) is 40.5 Å². The molecule has 2 atom stereocenters. The van der Waals surface area contributed by atoms with Crippen LogP contribution >= 0.6 is 0 Å². The van der Waals surface area contributed by atoms with E-state index in [1.807, 2.05) is 0 Å².